The van der Waals surface area contributed by atoms with E-state index in [1.165, 1.54) is 11.8 Å². The zero-order valence-electron chi connectivity index (χ0n) is 28.9. The number of hydrogen-bond donors (Lipinski definition) is 3. The molecule has 0 radical (unpaired) electrons. The first-order valence-electron chi connectivity index (χ1n) is 17.0. The fourth-order valence-corrected chi connectivity index (χ4v) is 6.30. The van der Waals surface area contributed by atoms with Gasteiger partial charge in [0.15, 0.2) is 0 Å². The van der Waals surface area contributed by atoms with Crippen molar-refractivity contribution in [2.75, 3.05) is 17.2 Å². The molecule has 0 aliphatic rings. The largest absolute Gasteiger partial charge is 0.493 e. The Balaban J connectivity index is 1.16. The highest BCUT2D eigenvalue weighted by atomic mass is 32.2. The maximum absolute atomic E-state index is 13.7. The van der Waals surface area contributed by atoms with Crippen LogP contribution in [-0.2, 0) is 9.59 Å². The second kappa shape index (κ2) is 18.1. The molecule has 0 bridgehead atoms. The molecule has 6 aromatic rings. The molecule has 1 atom stereocenters. The number of thioether (sulfide) groups is 1. The number of amides is 3. The van der Waals surface area contributed by atoms with Gasteiger partial charge >= 0.3 is 0 Å². The van der Waals surface area contributed by atoms with E-state index >= 15 is 0 Å². The van der Waals surface area contributed by atoms with Crippen molar-refractivity contribution in [2.24, 2.45) is 0 Å². The third-order valence-electron chi connectivity index (χ3n) is 7.85. The molecule has 0 saturated heterocycles. The number of nitrogens with one attached hydrogen (secondary N) is 3. The fourth-order valence-electron chi connectivity index (χ4n) is 5.28. The Morgan fingerprint density at radius 3 is 1.89 bits per heavy atom. The van der Waals surface area contributed by atoms with Crippen molar-refractivity contribution >= 4 is 46.9 Å². The molecule has 6 aromatic carbocycles. The molecule has 1 unspecified atom stereocenters. The van der Waals surface area contributed by atoms with Gasteiger partial charge in [-0.15, -0.1) is 11.8 Å². The smallest absolute Gasteiger partial charge is 0.272 e. The van der Waals surface area contributed by atoms with E-state index in [1.807, 2.05) is 116 Å². The monoisotopic (exact) mass is 719 g/mol. The number of carbonyl (C=O) groups excluding carboxylic acids is 3. The third-order valence-corrected chi connectivity index (χ3v) is 9.12. The average molecular weight is 720 g/mol. The number of benzene rings is 6. The van der Waals surface area contributed by atoms with E-state index in [1.54, 1.807) is 60.7 Å². The van der Waals surface area contributed by atoms with E-state index in [-0.39, 0.29) is 11.6 Å². The molecule has 53 heavy (non-hydrogen) atoms. The Kier molecular flexibility index (Phi) is 12.4. The molecule has 8 nitrogen and oxygen atoms in total. The van der Waals surface area contributed by atoms with Crippen molar-refractivity contribution in [1.29, 1.82) is 0 Å². The highest BCUT2D eigenvalue weighted by Crippen LogP contribution is 2.37. The quantitative estimate of drug-likeness (QED) is 0.0765. The average Bonchev–Trinajstić information content (AvgIpc) is 3.20. The molecule has 0 fully saturated rings. The minimum atomic E-state index is -0.565. The number of rotatable bonds is 14. The molecule has 3 N–H and O–H groups in total. The predicted molar refractivity (Wildman–Crippen MR) is 211 cm³/mol. The number of carbonyl (C=O) groups is 3. The van der Waals surface area contributed by atoms with Crippen LogP contribution in [0.1, 0.15) is 33.7 Å². The van der Waals surface area contributed by atoms with Gasteiger partial charge in [-0.1, -0.05) is 84.9 Å². The van der Waals surface area contributed by atoms with Crippen molar-refractivity contribution in [3.63, 3.8) is 0 Å². The summed E-state index contributed by atoms with van der Waals surface area (Å²) in [5.41, 5.74) is 3.09. The number of anilines is 2. The van der Waals surface area contributed by atoms with Crippen LogP contribution >= 0.6 is 11.8 Å². The second-order valence-electron chi connectivity index (χ2n) is 11.7. The van der Waals surface area contributed by atoms with E-state index in [9.17, 15) is 14.4 Å². The molecule has 0 aromatic heterocycles. The van der Waals surface area contributed by atoms with Crippen LogP contribution in [0.5, 0.6) is 17.2 Å². The molecule has 264 valence electrons. The van der Waals surface area contributed by atoms with Gasteiger partial charge in [0.05, 0.1) is 6.61 Å². The molecule has 0 aliphatic carbocycles. The first-order chi connectivity index (χ1) is 25.9. The normalized spacial score (nSPS) is 11.5. The van der Waals surface area contributed by atoms with Crippen LogP contribution in [0.25, 0.3) is 6.08 Å². The predicted octanol–water partition coefficient (Wildman–Crippen LogP) is 9.76. The van der Waals surface area contributed by atoms with Gasteiger partial charge in [-0.25, -0.2) is 0 Å². The van der Waals surface area contributed by atoms with Crippen molar-refractivity contribution in [2.45, 2.75) is 17.1 Å². The maximum atomic E-state index is 13.7. The van der Waals surface area contributed by atoms with Gasteiger partial charge in [0.25, 0.3) is 11.8 Å². The lowest BCUT2D eigenvalue weighted by atomic mass is 10.1. The third kappa shape index (κ3) is 10.2. The van der Waals surface area contributed by atoms with E-state index in [0.717, 1.165) is 16.2 Å². The lowest BCUT2D eigenvalue weighted by molar-refractivity contribution is -0.116. The SMILES string of the molecule is CCOc1ccccc1/C=C(\NC(=O)c1ccccc1)C(=O)Nc1ccc(SC(C(=O)Nc2ccc(Oc3ccccc3)cc2)c2ccccc2)cc1. The lowest BCUT2D eigenvalue weighted by Crippen LogP contribution is -2.30. The molecule has 0 spiro atoms. The Bertz CT molecular complexity index is 2160. The molecule has 0 heterocycles. The van der Waals surface area contributed by atoms with Gasteiger partial charge in [0, 0.05) is 27.4 Å². The van der Waals surface area contributed by atoms with Crippen LogP contribution in [-0.4, -0.2) is 24.3 Å². The van der Waals surface area contributed by atoms with Crippen LogP contribution in [0.3, 0.4) is 0 Å². The fraction of sp³-hybridized carbons (Fsp3) is 0.0682. The Morgan fingerprint density at radius 2 is 1.21 bits per heavy atom. The Hall–Kier alpha value is -6.58. The highest BCUT2D eigenvalue weighted by molar-refractivity contribution is 8.00. The maximum Gasteiger partial charge on any atom is 0.272 e. The second-order valence-corrected chi connectivity index (χ2v) is 12.8. The summed E-state index contributed by atoms with van der Waals surface area (Å²) in [6.45, 7) is 2.32. The van der Waals surface area contributed by atoms with Crippen LogP contribution < -0.4 is 25.4 Å². The van der Waals surface area contributed by atoms with Crippen LogP contribution in [0, 0.1) is 0 Å². The standard InChI is InChI=1S/C44H37N3O5S/c1-2-51-40-21-13-12-18-33(40)30-39(47-42(48)32-16-8-4-9-17-32)43(49)45-35-24-28-38(29-25-35)53-41(31-14-6-3-7-15-31)44(50)46-34-22-26-37(27-23-34)52-36-19-10-5-11-20-36/h3-30,41H,2H2,1H3,(H,45,49)(H,46,50)(H,47,48)/b39-30-. The van der Waals surface area contributed by atoms with E-state index < -0.39 is 17.1 Å². The summed E-state index contributed by atoms with van der Waals surface area (Å²) in [6, 6.07) is 49.5. The molecular weight excluding hydrogens is 683 g/mol. The Morgan fingerprint density at radius 1 is 0.642 bits per heavy atom. The van der Waals surface area contributed by atoms with Crippen molar-refractivity contribution in [3.8, 4) is 17.2 Å². The summed E-state index contributed by atoms with van der Waals surface area (Å²) in [4.78, 5) is 41.3. The summed E-state index contributed by atoms with van der Waals surface area (Å²) in [7, 11) is 0. The van der Waals surface area contributed by atoms with Crippen molar-refractivity contribution in [3.05, 3.63) is 186 Å². The Labute approximate surface area is 312 Å². The minimum Gasteiger partial charge on any atom is -0.493 e. The minimum absolute atomic E-state index is 0.0462. The van der Waals surface area contributed by atoms with E-state index in [0.29, 0.717) is 40.6 Å². The first kappa shape index (κ1) is 36.2. The summed E-state index contributed by atoms with van der Waals surface area (Å²) in [6.07, 6.45) is 1.60. The zero-order valence-corrected chi connectivity index (χ0v) is 29.7. The molecule has 9 heteroatoms. The van der Waals surface area contributed by atoms with Crippen molar-refractivity contribution < 1.29 is 23.9 Å². The van der Waals surface area contributed by atoms with Gasteiger partial charge < -0.3 is 25.4 Å². The van der Waals surface area contributed by atoms with E-state index in [2.05, 4.69) is 16.0 Å². The topological polar surface area (TPSA) is 106 Å². The summed E-state index contributed by atoms with van der Waals surface area (Å²) in [5, 5.41) is 8.14. The number of ether oxygens (including phenoxy) is 2. The molecule has 0 aliphatic heterocycles. The van der Waals surface area contributed by atoms with E-state index in [4.69, 9.17) is 9.47 Å². The highest BCUT2D eigenvalue weighted by Gasteiger charge is 2.23. The molecular formula is C44H37N3O5S. The lowest BCUT2D eigenvalue weighted by Gasteiger charge is -2.18. The first-order valence-corrected chi connectivity index (χ1v) is 17.9. The van der Waals surface area contributed by atoms with Crippen LogP contribution in [0.4, 0.5) is 11.4 Å². The van der Waals surface area contributed by atoms with Crippen molar-refractivity contribution in [1.82, 2.24) is 5.32 Å². The number of hydrogen-bond acceptors (Lipinski definition) is 6. The summed E-state index contributed by atoms with van der Waals surface area (Å²) >= 11 is 1.39. The van der Waals surface area contributed by atoms with Gasteiger partial charge in [-0.05, 0) is 97.4 Å². The summed E-state index contributed by atoms with van der Waals surface area (Å²) < 4.78 is 11.6. The molecule has 0 saturated carbocycles. The molecule has 3 amide bonds. The van der Waals surface area contributed by atoms with Crippen LogP contribution in [0.15, 0.2) is 174 Å². The van der Waals surface area contributed by atoms with Gasteiger partial charge in [-0.2, -0.15) is 0 Å². The summed E-state index contributed by atoms with van der Waals surface area (Å²) in [5.74, 6) is 0.850. The van der Waals surface area contributed by atoms with Crippen LogP contribution in [0.2, 0.25) is 0 Å². The van der Waals surface area contributed by atoms with Gasteiger partial charge in [0.2, 0.25) is 5.91 Å². The zero-order chi connectivity index (χ0) is 36.8. The van der Waals surface area contributed by atoms with Gasteiger partial charge in [-0.3, -0.25) is 14.4 Å². The molecule has 6 rings (SSSR count). The number of para-hydroxylation sites is 2. The van der Waals surface area contributed by atoms with Gasteiger partial charge in [0.1, 0.15) is 28.2 Å².